The third-order valence-electron chi connectivity index (χ3n) is 6.81. The number of carbonyl (C=O) groups is 3. The first-order chi connectivity index (χ1) is 18.8. The van der Waals surface area contributed by atoms with E-state index in [-0.39, 0.29) is 12.3 Å². The number of nitrogens with two attached hydrogens (primary N) is 1. The molecule has 4 heterocycles. The lowest BCUT2D eigenvalue weighted by Crippen LogP contribution is -2.45. The van der Waals surface area contributed by atoms with Crippen LogP contribution >= 0.6 is 11.3 Å². The quantitative estimate of drug-likeness (QED) is 0.315. The van der Waals surface area contributed by atoms with Gasteiger partial charge in [-0.25, -0.2) is 9.50 Å². The monoisotopic (exact) mass is 552 g/mol. The number of hydrogen-bond acceptors (Lipinski definition) is 9. The minimum Gasteiger partial charge on any atom is -0.495 e. The summed E-state index contributed by atoms with van der Waals surface area (Å²) in [5.74, 6) is 1.38. The van der Waals surface area contributed by atoms with E-state index < -0.39 is 0 Å². The first-order valence-corrected chi connectivity index (χ1v) is 13.3. The summed E-state index contributed by atoms with van der Waals surface area (Å²) in [4.78, 5) is 41.1. The van der Waals surface area contributed by atoms with Gasteiger partial charge in [-0.15, -0.1) is 11.3 Å². The molecule has 0 bridgehead atoms. The van der Waals surface area contributed by atoms with Crippen molar-refractivity contribution in [2.24, 2.45) is 0 Å². The van der Waals surface area contributed by atoms with E-state index in [9.17, 15) is 9.59 Å². The lowest BCUT2D eigenvalue weighted by molar-refractivity contribution is -0.123. The van der Waals surface area contributed by atoms with Crippen LogP contribution in [0.1, 0.15) is 30.2 Å². The lowest BCUT2D eigenvalue weighted by Gasteiger charge is -2.32. The number of fused-ring (bicyclic) bond motifs is 2. The van der Waals surface area contributed by atoms with E-state index in [1.165, 1.54) is 6.33 Å². The van der Waals surface area contributed by atoms with Gasteiger partial charge in [0.25, 0.3) is 6.47 Å². The molecule has 5 rings (SSSR count). The van der Waals surface area contributed by atoms with Crippen molar-refractivity contribution in [2.45, 2.75) is 33.2 Å². The van der Waals surface area contributed by atoms with Gasteiger partial charge in [0, 0.05) is 49.6 Å². The average molecular weight is 553 g/mol. The van der Waals surface area contributed by atoms with E-state index in [4.69, 9.17) is 20.4 Å². The van der Waals surface area contributed by atoms with Crippen molar-refractivity contribution in [2.75, 3.05) is 39.0 Å². The molecule has 206 valence electrons. The van der Waals surface area contributed by atoms with Crippen LogP contribution in [0, 0.1) is 6.92 Å². The number of hydrogen-bond donors (Lipinski definition) is 2. The molecule has 0 spiro atoms. The molecule has 0 saturated carbocycles. The van der Waals surface area contributed by atoms with Crippen LogP contribution < -0.4 is 10.5 Å². The van der Waals surface area contributed by atoms with Gasteiger partial charge >= 0.3 is 0 Å². The summed E-state index contributed by atoms with van der Waals surface area (Å²) in [6.07, 6.45) is 3.40. The SMILES string of the molecule is COc1cc(C)cc2cc(-c3c(CCC(C)=O)c(CN4CCN(C=O)CC4)n4ncnc(N)c34)sc12.O=CO. The van der Waals surface area contributed by atoms with Gasteiger partial charge in [0.05, 0.1) is 17.5 Å². The fourth-order valence-corrected chi connectivity index (χ4v) is 6.20. The zero-order chi connectivity index (χ0) is 28.1. The number of amides is 1. The number of nitrogen functional groups attached to an aromatic ring is 1. The Kier molecular flexibility index (Phi) is 8.77. The summed E-state index contributed by atoms with van der Waals surface area (Å²) < 4.78 is 8.64. The predicted molar refractivity (Wildman–Crippen MR) is 150 cm³/mol. The van der Waals surface area contributed by atoms with Gasteiger partial charge in [0.2, 0.25) is 6.41 Å². The third-order valence-corrected chi connectivity index (χ3v) is 7.99. The number of ketones is 1. The number of methoxy groups -OCH3 is 1. The maximum Gasteiger partial charge on any atom is 0.290 e. The van der Waals surface area contributed by atoms with Crippen molar-refractivity contribution in [3.05, 3.63) is 41.3 Å². The van der Waals surface area contributed by atoms with Crippen LogP contribution in [0.2, 0.25) is 0 Å². The number of ether oxygens (including phenoxy) is 1. The second kappa shape index (κ2) is 12.2. The molecule has 3 N–H and O–H groups in total. The minimum absolute atomic E-state index is 0.134. The van der Waals surface area contributed by atoms with Crippen molar-refractivity contribution in [1.29, 1.82) is 0 Å². The fraction of sp³-hybridized carbons (Fsp3) is 0.370. The zero-order valence-electron chi connectivity index (χ0n) is 22.2. The van der Waals surface area contributed by atoms with Crippen molar-refractivity contribution < 1.29 is 24.2 Å². The molecule has 0 radical (unpaired) electrons. The second-order valence-electron chi connectivity index (χ2n) is 9.43. The van der Waals surface area contributed by atoms with Crippen molar-refractivity contribution in [1.82, 2.24) is 24.4 Å². The maximum absolute atomic E-state index is 12.1. The summed E-state index contributed by atoms with van der Waals surface area (Å²) in [5.41, 5.74) is 11.4. The first-order valence-electron chi connectivity index (χ1n) is 12.5. The summed E-state index contributed by atoms with van der Waals surface area (Å²) in [5, 5.41) is 12.6. The molecule has 1 aliphatic rings. The number of carbonyl (C=O) groups excluding carboxylic acids is 2. The molecule has 1 aliphatic heterocycles. The van der Waals surface area contributed by atoms with Gasteiger partial charge in [-0.3, -0.25) is 14.5 Å². The van der Waals surface area contributed by atoms with Gasteiger partial charge in [0.1, 0.15) is 23.4 Å². The number of piperazine rings is 1. The number of aryl methyl sites for hydroxylation is 1. The highest BCUT2D eigenvalue weighted by molar-refractivity contribution is 7.22. The van der Waals surface area contributed by atoms with Gasteiger partial charge in [-0.1, -0.05) is 6.07 Å². The number of benzene rings is 1. The van der Waals surface area contributed by atoms with Gasteiger partial charge in [0.15, 0.2) is 5.82 Å². The Labute approximate surface area is 229 Å². The Bertz CT molecular complexity index is 1510. The molecule has 0 unspecified atom stereocenters. The van der Waals surface area contributed by atoms with E-state index in [0.29, 0.717) is 38.3 Å². The smallest absolute Gasteiger partial charge is 0.290 e. The number of Topliss-reactive ketones (excluding diaryl/α,β-unsaturated/α-hetero) is 1. The van der Waals surface area contributed by atoms with E-state index >= 15 is 0 Å². The average Bonchev–Trinajstić information content (AvgIpc) is 3.47. The molecule has 4 aromatic rings. The Hall–Kier alpha value is -4.03. The third kappa shape index (κ3) is 5.86. The molecule has 1 saturated heterocycles. The zero-order valence-corrected chi connectivity index (χ0v) is 23.0. The summed E-state index contributed by atoms with van der Waals surface area (Å²) in [7, 11) is 1.69. The number of carboxylic acid groups (broad SMARTS) is 1. The minimum atomic E-state index is -0.250. The number of nitrogens with zero attached hydrogens (tertiary/aromatic N) is 5. The fourth-order valence-electron chi connectivity index (χ4n) is 5.00. The number of rotatable bonds is 8. The molecule has 11 nitrogen and oxygen atoms in total. The van der Waals surface area contributed by atoms with Crippen LogP contribution in [0.15, 0.2) is 24.5 Å². The first kappa shape index (κ1) is 28.0. The molecule has 1 amide bonds. The largest absolute Gasteiger partial charge is 0.495 e. The molecule has 0 aliphatic carbocycles. The van der Waals surface area contributed by atoms with Crippen LogP contribution in [0.3, 0.4) is 0 Å². The molecular weight excluding hydrogens is 520 g/mol. The van der Waals surface area contributed by atoms with Crippen LogP contribution in [-0.2, 0) is 27.3 Å². The van der Waals surface area contributed by atoms with Gasteiger partial charge < -0.3 is 25.3 Å². The Morgan fingerprint density at radius 3 is 2.56 bits per heavy atom. The van der Waals surface area contributed by atoms with Crippen LogP contribution in [0.4, 0.5) is 5.82 Å². The van der Waals surface area contributed by atoms with E-state index in [2.05, 4.69) is 34.0 Å². The Balaban J connectivity index is 0.00000112. The normalized spacial score (nSPS) is 13.8. The predicted octanol–water partition coefficient (Wildman–Crippen LogP) is 3.01. The standard InChI is InChI=1S/C26H30N6O3S.CH2O2/c1-16-10-18-12-22(36-25(18)21(11-16)35-3)23-19(5-4-17(2)34)20(32-24(23)26(27)28-14-29-32)13-30-6-8-31(15-33)9-7-30;2-1-3/h10-12,14-15H,4-9,13H2,1-3H3,(H2,27,28,29);1H,(H,2,3). The Morgan fingerprint density at radius 2 is 1.92 bits per heavy atom. The topological polar surface area (TPSA) is 143 Å². The molecule has 0 atom stereocenters. The van der Waals surface area contributed by atoms with Crippen LogP contribution in [0.25, 0.3) is 26.0 Å². The number of anilines is 1. The van der Waals surface area contributed by atoms with Crippen LogP contribution in [0.5, 0.6) is 5.75 Å². The van der Waals surface area contributed by atoms with Crippen molar-refractivity contribution >= 4 is 51.4 Å². The number of thiophene rings is 1. The highest BCUT2D eigenvalue weighted by Crippen LogP contribution is 2.44. The lowest BCUT2D eigenvalue weighted by atomic mass is 10.0. The summed E-state index contributed by atoms with van der Waals surface area (Å²) in [6, 6.07) is 6.36. The Morgan fingerprint density at radius 1 is 1.21 bits per heavy atom. The van der Waals surface area contributed by atoms with Gasteiger partial charge in [-0.05, 0) is 48.9 Å². The van der Waals surface area contributed by atoms with E-state index in [1.54, 1.807) is 30.3 Å². The maximum atomic E-state index is 12.1. The molecule has 12 heteroatoms. The second-order valence-corrected chi connectivity index (χ2v) is 10.5. The van der Waals surface area contributed by atoms with E-state index in [0.717, 1.165) is 68.1 Å². The highest BCUT2D eigenvalue weighted by Gasteiger charge is 2.27. The van der Waals surface area contributed by atoms with Gasteiger partial charge in [-0.2, -0.15) is 5.10 Å². The molecule has 3 aromatic heterocycles. The van der Waals surface area contributed by atoms with Crippen molar-refractivity contribution in [3.63, 3.8) is 0 Å². The molecule has 1 aromatic carbocycles. The highest BCUT2D eigenvalue weighted by atomic mass is 32.1. The molecule has 1 fully saturated rings. The summed E-state index contributed by atoms with van der Waals surface area (Å²) >= 11 is 1.65. The number of aromatic nitrogens is 3. The van der Waals surface area contributed by atoms with Crippen molar-refractivity contribution in [3.8, 4) is 16.2 Å². The van der Waals surface area contributed by atoms with E-state index in [1.807, 2.05) is 10.6 Å². The molecular formula is C27H32N6O5S. The van der Waals surface area contributed by atoms with Crippen LogP contribution in [-0.4, -0.2) is 81.5 Å². The molecule has 39 heavy (non-hydrogen) atoms. The summed E-state index contributed by atoms with van der Waals surface area (Å²) in [6.45, 7) is 6.99.